The fourth-order valence-corrected chi connectivity index (χ4v) is 4.49. The van der Waals surface area contributed by atoms with Gasteiger partial charge in [-0.15, -0.1) is 0 Å². The van der Waals surface area contributed by atoms with Gasteiger partial charge in [0, 0.05) is 0 Å². The molecule has 0 amide bonds. The summed E-state index contributed by atoms with van der Waals surface area (Å²) in [4.78, 5) is 0. The summed E-state index contributed by atoms with van der Waals surface area (Å²) in [5.74, 6) is -9.56. The number of hydrogen-bond acceptors (Lipinski definition) is 0. The van der Waals surface area contributed by atoms with Crippen LogP contribution in [0.5, 0.6) is 0 Å². The average molecular weight is 354 g/mol. The summed E-state index contributed by atoms with van der Waals surface area (Å²) in [6.07, 6.45) is -1.78. The summed E-state index contributed by atoms with van der Waals surface area (Å²) in [6, 6.07) is 8.04. The number of rotatable bonds is 2. The molecule has 0 saturated heterocycles. The Balaban J connectivity index is 2.67. The van der Waals surface area contributed by atoms with Crippen LogP contribution in [0.25, 0.3) is 0 Å². The van der Waals surface area contributed by atoms with Gasteiger partial charge >= 0.3 is 113 Å². The van der Waals surface area contributed by atoms with Crippen molar-refractivity contribution in [3.63, 3.8) is 0 Å². The van der Waals surface area contributed by atoms with Crippen molar-refractivity contribution < 1.29 is 22.0 Å². The van der Waals surface area contributed by atoms with Gasteiger partial charge in [-0.2, -0.15) is 0 Å². The van der Waals surface area contributed by atoms with Crippen LogP contribution in [-0.2, 0) is 0 Å². The van der Waals surface area contributed by atoms with E-state index in [1.165, 1.54) is 0 Å². The second-order valence-electron chi connectivity index (χ2n) is 3.55. The third kappa shape index (κ3) is 2.48. The van der Waals surface area contributed by atoms with Crippen molar-refractivity contribution in [3.8, 4) is 0 Å². The van der Waals surface area contributed by atoms with Gasteiger partial charge in [0.1, 0.15) is 0 Å². The van der Waals surface area contributed by atoms with Crippen LogP contribution in [0.15, 0.2) is 30.3 Å². The molecule has 0 aliphatic carbocycles. The Morgan fingerprint density at radius 1 is 0.684 bits per heavy atom. The van der Waals surface area contributed by atoms with Gasteiger partial charge in [0.25, 0.3) is 0 Å². The second kappa shape index (κ2) is 5.49. The molecule has 0 fully saturated rings. The van der Waals surface area contributed by atoms with Crippen molar-refractivity contribution in [2.45, 2.75) is 0 Å². The van der Waals surface area contributed by atoms with Gasteiger partial charge in [-0.05, 0) is 0 Å². The zero-order valence-corrected chi connectivity index (χ0v) is 11.7. The standard InChI is InChI=1S/C12H5F5PSe/c13-7-8(14)10(16)12(11(17)9(7)15)18(19)6-4-2-1-3-5-6/h1-5H/q+1. The monoisotopic (exact) mass is 355 g/mol. The fourth-order valence-electron chi connectivity index (χ4n) is 1.46. The maximum atomic E-state index is 13.6. The zero-order valence-electron chi connectivity index (χ0n) is 9.13. The van der Waals surface area contributed by atoms with E-state index in [2.05, 4.69) is 15.1 Å². The van der Waals surface area contributed by atoms with E-state index in [1.807, 2.05) is 0 Å². The third-order valence-electron chi connectivity index (χ3n) is 2.38. The Bertz CT molecular complexity index is 628. The Morgan fingerprint density at radius 3 is 1.58 bits per heavy atom. The van der Waals surface area contributed by atoms with E-state index in [4.69, 9.17) is 0 Å². The molecule has 0 aliphatic rings. The van der Waals surface area contributed by atoms with Crippen LogP contribution < -0.4 is 10.6 Å². The van der Waals surface area contributed by atoms with Crippen molar-refractivity contribution in [1.29, 1.82) is 0 Å². The summed E-state index contributed by atoms with van der Waals surface area (Å²) in [6.45, 7) is 0. The first-order valence-corrected chi connectivity index (χ1v) is 8.54. The molecule has 1 unspecified atom stereocenters. The molecule has 0 N–H and O–H groups in total. The van der Waals surface area contributed by atoms with Crippen LogP contribution in [0.1, 0.15) is 0 Å². The minimum atomic E-state index is -2.14. The molecule has 0 saturated carbocycles. The molecule has 2 aromatic carbocycles. The van der Waals surface area contributed by atoms with Crippen LogP contribution in [0.4, 0.5) is 22.0 Å². The molecule has 0 radical (unpaired) electrons. The Morgan fingerprint density at radius 2 is 1.11 bits per heavy atom. The van der Waals surface area contributed by atoms with E-state index in [1.54, 1.807) is 30.3 Å². The molecule has 0 aliphatic heterocycles. The van der Waals surface area contributed by atoms with Crippen LogP contribution in [-0.4, -0.2) is 15.1 Å². The first kappa shape index (κ1) is 14.3. The number of halogens is 5. The summed E-state index contributed by atoms with van der Waals surface area (Å²) < 4.78 is 66.4. The van der Waals surface area contributed by atoms with Crippen molar-refractivity contribution in [2.24, 2.45) is 0 Å². The normalized spacial score (nSPS) is 11.5. The molecule has 19 heavy (non-hydrogen) atoms. The second-order valence-corrected chi connectivity index (χ2v) is 7.40. The Hall–Kier alpha value is -1.09. The van der Waals surface area contributed by atoms with Gasteiger partial charge in [-0.1, -0.05) is 0 Å². The van der Waals surface area contributed by atoms with Gasteiger partial charge < -0.3 is 0 Å². The summed E-state index contributed by atoms with van der Waals surface area (Å²) in [5, 5.41) is -0.335. The predicted octanol–water partition coefficient (Wildman–Crippen LogP) is 2.90. The first-order chi connectivity index (χ1) is 8.95. The third-order valence-corrected chi connectivity index (χ3v) is 6.42. The van der Waals surface area contributed by atoms with Gasteiger partial charge in [-0.3, -0.25) is 0 Å². The van der Waals surface area contributed by atoms with E-state index in [-0.39, 0.29) is 0 Å². The zero-order chi connectivity index (χ0) is 14.2. The molecule has 0 heterocycles. The van der Waals surface area contributed by atoms with Crippen LogP contribution in [0.2, 0.25) is 0 Å². The average Bonchev–Trinajstić information content (AvgIpc) is 2.44. The number of benzene rings is 2. The van der Waals surface area contributed by atoms with Crippen LogP contribution >= 0.6 is 6.17 Å². The molecular formula is C12H5F5PSe+. The molecule has 2 aromatic rings. The quantitative estimate of drug-likeness (QED) is 0.256. The molecule has 7 heteroatoms. The first-order valence-electron chi connectivity index (χ1n) is 4.99. The van der Waals surface area contributed by atoms with E-state index in [0.29, 0.717) is 5.30 Å². The fraction of sp³-hybridized carbons (Fsp3) is 0. The molecule has 98 valence electrons. The van der Waals surface area contributed by atoms with Crippen LogP contribution in [0, 0.1) is 29.1 Å². The summed E-state index contributed by atoms with van der Waals surface area (Å²) in [5.41, 5.74) is 0. The molecule has 0 nitrogen and oxygen atoms in total. The van der Waals surface area contributed by atoms with E-state index < -0.39 is 40.6 Å². The van der Waals surface area contributed by atoms with Crippen molar-refractivity contribution in [2.75, 3.05) is 0 Å². The maximum absolute atomic E-state index is 13.6. The van der Waals surface area contributed by atoms with Gasteiger partial charge in [0.2, 0.25) is 0 Å². The topological polar surface area (TPSA) is 0 Å². The summed E-state index contributed by atoms with van der Waals surface area (Å²) in [7, 11) is 0. The molecule has 1 atom stereocenters. The SMILES string of the molecule is Fc1c(F)c(F)c([P+](=[Se])c2ccccc2)c(F)c1F. The van der Waals surface area contributed by atoms with E-state index in [9.17, 15) is 22.0 Å². The van der Waals surface area contributed by atoms with Gasteiger partial charge in [-0.25, -0.2) is 0 Å². The minimum absolute atomic E-state index is 0.473. The summed E-state index contributed by atoms with van der Waals surface area (Å²) >= 11 is 2.49. The predicted molar refractivity (Wildman–Crippen MR) is 64.6 cm³/mol. The molecule has 0 spiro atoms. The molecule has 2 rings (SSSR count). The van der Waals surface area contributed by atoms with Crippen molar-refractivity contribution in [3.05, 3.63) is 59.4 Å². The Labute approximate surface area is 113 Å². The van der Waals surface area contributed by atoms with Crippen molar-refractivity contribution in [1.82, 2.24) is 0 Å². The number of hydrogen-bond donors (Lipinski definition) is 0. The van der Waals surface area contributed by atoms with Gasteiger partial charge in [0.05, 0.1) is 0 Å². The molecule has 0 aromatic heterocycles. The molecular weight excluding hydrogens is 349 g/mol. The van der Waals surface area contributed by atoms with Crippen LogP contribution in [0.3, 0.4) is 0 Å². The Kier molecular flexibility index (Phi) is 4.14. The van der Waals surface area contributed by atoms with E-state index >= 15 is 0 Å². The molecule has 0 bridgehead atoms. The van der Waals surface area contributed by atoms with E-state index in [0.717, 1.165) is 0 Å². The van der Waals surface area contributed by atoms with Crippen molar-refractivity contribution >= 4 is 31.9 Å². The van der Waals surface area contributed by atoms with Gasteiger partial charge in [0.15, 0.2) is 0 Å².